The first kappa shape index (κ1) is 13.9. The third-order valence-corrected chi connectivity index (χ3v) is 3.36. The molecule has 1 aliphatic carbocycles. The van der Waals surface area contributed by atoms with Crippen LogP contribution in [-0.2, 0) is 14.3 Å². The van der Waals surface area contributed by atoms with Gasteiger partial charge < -0.3 is 4.74 Å². The highest BCUT2D eigenvalue weighted by atomic mass is 16.5. The lowest BCUT2D eigenvalue weighted by atomic mass is 9.77. The van der Waals surface area contributed by atoms with E-state index in [-0.39, 0.29) is 30.0 Å². The number of methoxy groups -OCH3 is 1. The summed E-state index contributed by atoms with van der Waals surface area (Å²) in [5.41, 5.74) is 1.24. The Kier molecular flexibility index (Phi) is 5.39. The van der Waals surface area contributed by atoms with E-state index in [1.807, 2.05) is 13.8 Å². The van der Waals surface area contributed by atoms with E-state index in [4.69, 9.17) is 0 Å². The van der Waals surface area contributed by atoms with Crippen LogP contribution in [0.25, 0.3) is 0 Å². The standard InChI is InChI=1S/C14H22O3/c1-10(2)7-8-11-5-4-6-12(14(11)16)9-13(15)17-3/h7,11-12H,4-6,8-9H2,1-3H3. The summed E-state index contributed by atoms with van der Waals surface area (Å²) in [6, 6.07) is 0. The molecule has 17 heavy (non-hydrogen) atoms. The average Bonchev–Trinajstić information content (AvgIpc) is 2.30. The number of esters is 1. The zero-order valence-corrected chi connectivity index (χ0v) is 11.0. The van der Waals surface area contributed by atoms with Gasteiger partial charge in [0.2, 0.25) is 0 Å². The third kappa shape index (κ3) is 4.33. The van der Waals surface area contributed by atoms with Crippen molar-refractivity contribution in [1.82, 2.24) is 0 Å². The molecule has 0 amide bonds. The SMILES string of the molecule is COC(=O)CC1CCCC(CC=C(C)C)C1=O. The highest BCUT2D eigenvalue weighted by Crippen LogP contribution is 2.30. The number of carbonyl (C=O) groups is 2. The zero-order valence-electron chi connectivity index (χ0n) is 11.0. The maximum absolute atomic E-state index is 12.2. The molecule has 0 aromatic carbocycles. The third-order valence-electron chi connectivity index (χ3n) is 3.36. The van der Waals surface area contributed by atoms with Crippen LogP contribution in [0, 0.1) is 11.8 Å². The van der Waals surface area contributed by atoms with E-state index in [1.165, 1.54) is 12.7 Å². The molecule has 0 aromatic heterocycles. The van der Waals surface area contributed by atoms with E-state index < -0.39 is 0 Å². The van der Waals surface area contributed by atoms with Gasteiger partial charge in [0.25, 0.3) is 0 Å². The van der Waals surface area contributed by atoms with Gasteiger partial charge in [-0.25, -0.2) is 0 Å². The van der Waals surface area contributed by atoms with Crippen molar-refractivity contribution < 1.29 is 14.3 Å². The normalized spacial score (nSPS) is 24.3. The first-order chi connectivity index (χ1) is 8.04. The van der Waals surface area contributed by atoms with Crippen molar-refractivity contribution in [2.75, 3.05) is 7.11 Å². The number of hydrogen-bond acceptors (Lipinski definition) is 3. The molecule has 0 saturated heterocycles. The van der Waals surface area contributed by atoms with E-state index in [0.717, 1.165) is 25.7 Å². The smallest absolute Gasteiger partial charge is 0.306 e. The molecule has 2 atom stereocenters. The van der Waals surface area contributed by atoms with Crippen molar-refractivity contribution in [3.63, 3.8) is 0 Å². The molecule has 1 saturated carbocycles. The molecule has 0 bridgehead atoms. The van der Waals surface area contributed by atoms with Gasteiger partial charge in [0.1, 0.15) is 5.78 Å². The molecule has 0 aromatic rings. The number of hydrogen-bond donors (Lipinski definition) is 0. The van der Waals surface area contributed by atoms with E-state index in [0.29, 0.717) is 0 Å². The molecule has 0 N–H and O–H groups in total. The Balaban J connectivity index is 2.56. The van der Waals surface area contributed by atoms with Gasteiger partial charge in [-0.1, -0.05) is 18.1 Å². The minimum Gasteiger partial charge on any atom is -0.469 e. The molecule has 0 heterocycles. The predicted octanol–water partition coefficient (Wildman–Crippen LogP) is 2.89. The van der Waals surface area contributed by atoms with E-state index in [9.17, 15) is 9.59 Å². The van der Waals surface area contributed by atoms with Gasteiger partial charge >= 0.3 is 5.97 Å². The lowest BCUT2D eigenvalue weighted by Crippen LogP contribution is -2.30. The first-order valence-corrected chi connectivity index (χ1v) is 6.28. The lowest BCUT2D eigenvalue weighted by molar-refractivity contribution is -0.145. The maximum atomic E-state index is 12.2. The number of Topliss-reactive ketones (excluding diaryl/α,β-unsaturated/α-hetero) is 1. The fourth-order valence-corrected chi connectivity index (χ4v) is 2.33. The van der Waals surface area contributed by atoms with Crippen LogP contribution < -0.4 is 0 Å². The second kappa shape index (κ2) is 6.58. The molecule has 2 unspecified atom stereocenters. The van der Waals surface area contributed by atoms with Gasteiger partial charge in [0.05, 0.1) is 13.5 Å². The topological polar surface area (TPSA) is 43.4 Å². The molecule has 3 heteroatoms. The summed E-state index contributed by atoms with van der Waals surface area (Å²) < 4.78 is 4.63. The summed E-state index contributed by atoms with van der Waals surface area (Å²) in [5, 5.41) is 0. The molecular formula is C14H22O3. The second-order valence-corrected chi connectivity index (χ2v) is 5.02. The zero-order chi connectivity index (χ0) is 12.8. The van der Waals surface area contributed by atoms with Gasteiger partial charge in [-0.3, -0.25) is 9.59 Å². The fourth-order valence-electron chi connectivity index (χ4n) is 2.33. The summed E-state index contributed by atoms with van der Waals surface area (Å²) in [4.78, 5) is 23.4. The minimum atomic E-state index is -0.272. The van der Waals surface area contributed by atoms with Crippen LogP contribution in [0.1, 0.15) is 46.0 Å². The van der Waals surface area contributed by atoms with E-state index in [2.05, 4.69) is 10.8 Å². The molecular weight excluding hydrogens is 216 g/mol. The van der Waals surface area contributed by atoms with Crippen LogP contribution in [0.15, 0.2) is 11.6 Å². The Bertz CT molecular complexity index is 313. The lowest BCUT2D eigenvalue weighted by Gasteiger charge is -2.26. The predicted molar refractivity (Wildman–Crippen MR) is 66.5 cm³/mol. The molecule has 0 aliphatic heterocycles. The molecule has 0 radical (unpaired) electrons. The molecule has 0 spiro atoms. The molecule has 1 fully saturated rings. The van der Waals surface area contributed by atoms with E-state index >= 15 is 0 Å². The van der Waals surface area contributed by atoms with E-state index in [1.54, 1.807) is 0 Å². The van der Waals surface area contributed by atoms with Crippen LogP contribution in [0.4, 0.5) is 0 Å². The van der Waals surface area contributed by atoms with Crippen molar-refractivity contribution >= 4 is 11.8 Å². The molecule has 3 nitrogen and oxygen atoms in total. The van der Waals surface area contributed by atoms with Crippen molar-refractivity contribution in [1.29, 1.82) is 0 Å². The molecule has 1 rings (SSSR count). The van der Waals surface area contributed by atoms with Crippen LogP contribution in [0.2, 0.25) is 0 Å². The number of allylic oxidation sites excluding steroid dienone is 2. The highest BCUT2D eigenvalue weighted by molar-refractivity contribution is 5.87. The summed E-state index contributed by atoms with van der Waals surface area (Å²) in [6.45, 7) is 4.08. The summed E-state index contributed by atoms with van der Waals surface area (Å²) >= 11 is 0. The second-order valence-electron chi connectivity index (χ2n) is 5.02. The monoisotopic (exact) mass is 238 g/mol. The fraction of sp³-hybridized carbons (Fsp3) is 0.714. The largest absolute Gasteiger partial charge is 0.469 e. The quantitative estimate of drug-likeness (QED) is 0.558. The Morgan fingerprint density at radius 3 is 2.59 bits per heavy atom. The van der Waals surface area contributed by atoms with Crippen LogP contribution in [-0.4, -0.2) is 18.9 Å². The van der Waals surface area contributed by atoms with Gasteiger partial charge in [-0.2, -0.15) is 0 Å². The first-order valence-electron chi connectivity index (χ1n) is 6.28. The summed E-state index contributed by atoms with van der Waals surface area (Å²) in [5.74, 6) is -0.0366. The Morgan fingerprint density at radius 1 is 1.35 bits per heavy atom. The average molecular weight is 238 g/mol. The number of carbonyl (C=O) groups excluding carboxylic acids is 2. The van der Waals surface area contributed by atoms with Crippen molar-refractivity contribution in [3.8, 4) is 0 Å². The number of ketones is 1. The van der Waals surface area contributed by atoms with Gasteiger partial charge in [0.15, 0.2) is 0 Å². The van der Waals surface area contributed by atoms with Crippen molar-refractivity contribution in [2.24, 2.45) is 11.8 Å². The van der Waals surface area contributed by atoms with Crippen LogP contribution >= 0.6 is 0 Å². The molecule has 96 valence electrons. The highest BCUT2D eigenvalue weighted by Gasteiger charge is 2.31. The summed E-state index contributed by atoms with van der Waals surface area (Å²) in [6.07, 6.45) is 6.01. The van der Waals surface area contributed by atoms with Crippen molar-refractivity contribution in [2.45, 2.75) is 46.0 Å². The van der Waals surface area contributed by atoms with Crippen molar-refractivity contribution in [3.05, 3.63) is 11.6 Å². The molecule has 1 aliphatic rings. The number of rotatable bonds is 4. The van der Waals surface area contributed by atoms with Gasteiger partial charge in [-0.15, -0.1) is 0 Å². The summed E-state index contributed by atoms with van der Waals surface area (Å²) in [7, 11) is 1.37. The number of ether oxygens (including phenoxy) is 1. The Morgan fingerprint density at radius 2 is 2.00 bits per heavy atom. The van der Waals surface area contributed by atoms with Gasteiger partial charge in [0, 0.05) is 11.8 Å². The van der Waals surface area contributed by atoms with Gasteiger partial charge in [-0.05, 0) is 33.1 Å². The Hall–Kier alpha value is -1.12. The Labute approximate surface area is 103 Å². The maximum Gasteiger partial charge on any atom is 0.306 e. The minimum absolute atomic E-state index is 0.105. The van der Waals surface area contributed by atoms with Crippen LogP contribution in [0.3, 0.4) is 0 Å². The van der Waals surface area contributed by atoms with Crippen LogP contribution in [0.5, 0.6) is 0 Å².